The van der Waals surface area contributed by atoms with Crippen molar-refractivity contribution in [3.63, 3.8) is 0 Å². The zero-order valence-electron chi connectivity index (χ0n) is 11.7. The minimum atomic E-state index is 0.288. The lowest BCUT2D eigenvalue weighted by Crippen LogP contribution is -2.45. The van der Waals surface area contributed by atoms with Gasteiger partial charge in [-0.05, 0) is 51.4 Å². The predicted molar refractivity (Wildman–Crippen MR) is 72.9 cm³/mol. The molecule has 102 valence electrons. The van der Waals surface area contributed by atoms with E-state index in [0.29, 0.717) is 18.0 Å². The minimum Gasteiger partial charge on any atom is -0.396 e. The van der Waals surface area contributed by atoms with E-state index in [0.717, 1.165) is 25.4 Å². The van der Waals surface area contributed by atoms with Crippen molar-refractivity contribution in [1.29, 1.82) is 0 Å². The smallest absolute Gasteiger partial charge is 0.0443 e. The second-order valence-electron chi connectivity index (χ2n) is 6.01. The second kappa shape index (κ2) is 7.34. The molecule has 0 aromatic heterocycles. The first-order chi connectivity index (χ1) is 8.04. The average Bonchev–Trinajstić information content (AvgIpc) is 2.28. The summed E-state index contributed by atoms with van der Waals surface area (Å²) in [5.41, 5.74) is 6.24. The van der Waals surface area contributed by atoms with Crippen molar-refractivity contribution in [2.24, 2.45) is 17.6 Å². The number of rotatable bonds is 6. The summed E-state index contributed by atoms with van der Waals surface area (Å²) in [6.45, 7) is 9.18. The molecule has 0 saturated heterocycles. The SMILES string of the molecule is CC1CCC(N)C(CN(CCCO)C(C)C)C1. The van der Waals surface area contributed by atoms with Crippen LogP contribution in [-0.4, -0.2) is 41.8 Å². The summed E-state index contributed by atoms with van der Waals surface area (Å²) in [4.78, 5) is 2.47. The van der Waals surface area contributed by atoms with E-state index in [1.165, 1.54) is 19.3 Å². The highest BCUT2D eigenvalue weighted by molar-refractivity contribution is 4.84. The molecule has 3 nitrogen and oxygen atoms in total. The van der Waals surface area contributed by atoms with Crippen LogP contribution in [0.4, 0.5) is 0 Å². The summed E-state index contributed by atoms with van der Waals surface area (Å²) in [5, 5.41) is 8.95. The lowest BCUT2D eigenvalue weighted by Gasteiger charge is -2.37. The Balaban J connectivity index is 2.46. The number of nitrogens with zero attached hydrogens (tertiary/aromatic N) is 1. The number of hydrogen-bond acceptors (Lipinski definition) is 3. The Labute approximate surface area is 106 Å². The van der Waals surface area contributed by atoms with E-state index in [1.54, 1.807) is 0 Å². The van der Waals surface area contributed by atoms with Crippen molar-refractivity contribution in [2.75, 3.05) is 19.7 Å². The molecule has 3 heteroatoms. The van der Waals surface area contributed by atoms with Crippen LogP contribution in [0, 0.1) is 11.8 Å². The van der Waals surface area contributed by atoms with Crippen molar-refractivity contribution in [3.8, 4) is 0 Å². The molecule has 0 aromatic rings. The largest absolute Gasteiger partial charge is 0.396 e. The maximum atomic E-state index is 8.95. The van der Waals surface area contributed by atoms with E-state index >= 15 is 0 Å². The van der Waals surface area contributed by atoms with Gasteiger partial charge in [0, 0.05) is 31.8 Å². The van der Waals surface area contributed by atoms with Crippen LogP contribution >= 0.6 is 0 Å². The number of nitrogens with two attached hydrogens (primary N) is 1. The molecule has 0 heterocycles. The van der Waals surface area contributed by atoms with Crippen molar-refractivity contribution >= 4 is 0 Å². The molecule has 0 amide bonds. The number of hydrogen-bond donors (Lipinski definition) is 2. The van der Waals surface area contributed by atoms with Crippen molar-refractivity contribution < 1.29 is 5.11 Å². The minimum absolute atomic E-state index is 0.288. The van der Waals surface area contributed by atoms with E-state index in [2.05, 4.69) is 25.7 Å². The van der Waals surface area contributed by atoms with Crippen LogP contribution in [-0.2, 0) is 0 Å². The molecule has 0 spiro atoms. The molecular formula is C14H30N2O. The average molecular weight is 242 g/mol. The normalized spacial score (nSPS) is 30.2. The molecule has 1 aliphatic rings. The highest BCUT2D eigenvalue weighted by Gasteiger charge is 2.27. The maximum Gasteiger partial charge on any atom is 0.0443 e. The molecule has 0 aromatic carbocycles. The first kappa shape index (κ1) is 14.9. The fourth-order valence-corrected chi connectivity index (χ4v) is 2.87. The first-order valence-corrected chi connectivity index (χ1v) is 7.15. The van der Waals surface area contributed by atoms with E-state index in [4.69, 9.17) is 10.8 Å². The predicted octanol–water partition coefficient (Wildman–Crippen LogP) is 1.84. The summed E-state index contributed by atoms with van der Waals surface area (Å²) in [5.74, 6) is 1.46. The molecule has 17 heavy (non-hydrogen) atoms. The molecule has 1 saturated carbocycles. The van der Waals surface area contributed by atoms with E-state index < -0.39 is 0 Å². The lowest BCUT2D eigenvalue weighted by molar-refractivity contribution is 0.128. The molecule has 0 aliphatic heterocycles. The highest BCUT2D eigenvalue weighted by Crippen LogP contribution is 2.28. The van der Waals surface area contributed by atoms with Gasteiger partial charge in [0.05, 0.1) is 0 Å². The molecule has 1 fully saturated rings. The van der Waals surface area contributed by atoms with Crippen LogP contribution in [0.3, 0.4) is 0 Å². The van der Waals surface area contributed by atoms with Gasteiger partial charge in [-0.25, -0.2) is 0 Å². The van der Waals surface area contributed by atoms with Crippen LogP contribution in [0.1, 0.15) is 46.5 Å². The van der Waals surface area contributed by atoms with E-state index in [9.17, 15) is 0 Å². The summed E-state index contributed by atoms with van der Waals surface area (Å²) in [6.07, 6.45) is 4.60. The van der Waals surface area contributed by atoms with E-state index in [1.807, 2.05) is 0 Å². The van der Waals surface area contributed by atoms with Gasteiger partial charge in [-0.2, -0.15) is 0 Å². The van der Waals surface area contributed by atoms with Gasteiger partial charge >= 0.3 is 0 Å². The molecule has 1 rings (SSSR count). The van der Waals surface area contributed by atoms with Gasteiger partial charge in [0.2, 0.25) is 0 Å². The molecule has 3 unspecified atom stereocenters. The monoisotopic (exact) mass is 242 g/mol. The van der Waals surface area contributed by atoms with Gasteiger partial charge in [0.25, 0.3) is 0 Å². The topological polar surface area (TPSA) is 49.5 Å². The summed E-state index contributed by atoms with van der Waals surface area (Å²) in [6, 6.07) is 0.924. The van der Waals surface area contributed by atoms with Gasteiger partial charge in [0.1, 0.15) is 0 Å². The van der Waals surface area contributed by atoms with Gasteiger partial charge in [-0.15, -0.1) is 0 Å². The third-order valence-electron chi connectivity index (χ3n) is 4.11. The quantitative estimate of drug-likeness (QED) is 0.747. The van der Waals surface area contributed by atoms with Gasteiger partial charge in [0.15, 0.2) is 0 Å². The molecule has 3 N–H and O–H groups in total. The molecule has 3 atom stereocenters. The van der Waals surface area contributed by atoms with Crippen LogP contribution in [0.5, 0.6) is 0 Å². The first-order valence-electron chi connectivity index (χ1n) is 7.15. The summed E-state index contributed by atoms with van der Waals surface area (Å²) < 4.78 is 0. The Bertz CT molecular complexity index is 208. The van der Waals surface area contributed by atoms with Gasteiger partial charge < -0.3 is 15.7 Å². The van der Waals surface area contributed by atoms with Crippen LogP contribution in [0.25, 0.3) is 0 Å². The number of aliphatic hydroxyl groups is 1. The maximum absolute atomic E-state index is 8.95. The third-order valence-corrected chi connectivity index (χ3v) is 4.11. The third kappa shape index (κ3) is 4.94. The van der Waals surface area contributed by atoms with Crippen molar-refractivity contribution in [1.82, 2.24) is 4.90 Å². The molecular weight excluding hydrogens is 212 g/mol. The Morgan fingerprint density at radius 2 is 2.06 bits per heavy atom. The van der Waals surface area contributed by atoms with Crippen molar-refractivity contribution in [2.45, 2.75) is 58.5 Å². The fraction of sp³-hybridized carbons (Fsp3) is 1.00. The molecule has 0 bridgehead atoms. The Morgan fingerprint density at radius 3 is 2.65 bits per heavy atom. The summed E-state index contributed by atoms with van der Waals surface area (Å²) >= 11 is 0. The Hall–Kier alpha value is -0.120. The van der Waals surface area contributed by atoms with Crippen molar-refractivity contribution in [3.05, 3.63) is 0 Å². The van der Waals surface area contributed by atoms with Crippen LogP contribution in [0.15, 0.2) is 0 Å². The highest BCUT2D eigenvalue weighted by atomic mass is 16.3. The van der Waals surface area contributed by atoms with Crippen LogP contribution in [0.2, 0.25) is 0 Å². The fourth-order valence-electron chi connectivity index (χ4n) is 2.87. The Kier molecular flexibility index (Phi) is 6.45. The molecule has 0 radical (unpaired) electrons. The van der Waals surface area contributed by atoms with Gasteiger partial charge in [-0.1, -0.05) is 6.92 Å². The van der Waals surface area contributed by atoms with E-state index in [-0.39, 0.29) is 6.61 Å². The summed E-state index contributed by atoms with van der Waals surface area (Å²) in [7, 11) is 0. The van der Waals surface area contributed by atoms with Gasteiger partial charge in [-0.3, -0.25) is 0 Å². The second-order valence-corrected chi connectivity index (χ2v) is 6.01. The zero-order chi connectivity index (χ0) is 12.8. The zero-order valence-corrected chi connectivity index (χ0v) is 11.7. The standard InChI is InChI=1S/C14H30N2O/c1-11(2)16(7-4-8-17)10-13-9-12(3)5-6-14(13)15/h11-14,17H,4-10,15H2,1-3H3. The Morgan fingerprint density at radius 1 is 1.35 bits per heavy atom. The lowest BCUT2D eigenvalue weighted by atomic mass is 9.79. The molecule has 1 aliphatic carbocycles. The van der Waals surface area contributed by atoms with Crippen LogP contribution < -0.4 is 5.73 Å². The number of aliphatic hydroxyl groups excluding tert-OH is 1.